The van der Waals surface area contributed by atoms with Crippen LogP contribution in [0.2, 0.25) is 0 Å². The second-order valence-corrected chi connectivity index (χ2v) is 11.4. The van der Waals surface area contributed by atoms with Gasteiger partial charge in [-0.3, -0.25) is 0 Å². The van der Waals surface area contributed by atoms with E-state index >= 15 is 0 Å². The van der Waals surface area contributed by atoms with Crippen LogP contribution in [-0.4, -0.2) is 151 Å². The van der Waals surface area contributed by atoms with Gasteiger partial charge in [-0.1, -0.05) is 0 Å². The van der Waals surface area contributed by atoms with Crippen molar-refractivity contribution in [3.8, 4) is 0 Å². The first kappa shape index (κ1) is 30.9. The second kappa shape index (κ2) is 15.8. The van der Waals surface area contributed by atoms with Crippen molar-refractivity contribution in [2.45, 2.75) is 81.5 Å². The first-order valence-electron chi connectivity index (χ1n) is 15.0. The molecule has 2 amide bonds. The number of ether oxygens (including phenoxy) is 4. The van der Waals surface area contributed by atoms with E-state index in [1.165, 1.54) is 10.1 Å². The van der Waals surface area contributed by atoms with Crippen LogP contribution in [-0.2, 0) is 18.9 Å². The molecule has 0 bridgehead atoms. The number of hydroxylamine groups is 4. The fourth-order valence-corrected chi connectivity index (χ4v) is 6.43. The van der Waals surface area contributed by atoms with E-state index in [2.05, 4.69) is 0 Å². The van der Waals surface area contributed by atoms with Gasteiger partial charge >= 0.3 is 6.03 Å². The van der Waals surface area contributed by atoms with E-state index in [0.717, 1.165) is 38.5 Å². The maximum atomic E-state index is 14.1. The minimum absolute atomic E-state index is 0.0197. The molecule has 0 aromatic carbocycles. The monoisotopic (exact) mass is 558 g/mol. The third-order valence-electron chi connectivity index (χ3n) is 8.69. The first-order chi connectivity index (χ1) is 19.0. The molecule has 4 rings (SSSR count). The van der Waals surface area contributed by atoms with Crippen LogP contribution in [0.1, 0.15) is 57.8 Å². The van der Waals surface area contributed by atoms with Crippen molar-refractivity contribution in [2.75, 3.05) is 85.6 Å². The number of carbonyl (C=O) groups excluding carboxylic acids is 1. The van der Waals surface area contributed by atoms with Gasteiger partial charge < -0.3 is 44.3 Å². The Morgan fingerprint density at radius 2 is 1.15 bits per heavy atom. The fourth-order valence-electron chi connectivity index (χ4n) is 6.43. The van der Waals surface area contributed by atoms with Crippen LogP contribution in [0.3, 0.4) is 0 Å². The third kappa shape index (κ3) is 8.95. The molecule has 1 spiro atoms. The highest BCUT2D eigenvalue weighted by molar-refractivity contribution is 5.76. The molecule has 2 unspecified atom stereocenters. The normalized spacial score (nSPS) is 31.2. The lowest BCUT2D eigenvalue weighted by Gasteiger charge is -2.50. The van der Waals surface area contributed by atoms with Gasteiger partial charge in [0.05, 0.1) is 44.6 Å². The summed E-state index contributed by atoms with van der Waals surface area (Å²) in [4.78, 5) is 17.8. The average molecular weight is 559 g/mol. The predicted molar refractivity (Wildman–Crippen MR) is 142 cm³/mol. The standard InChI is InChI=1S/C27H50N4O8/c32-25-21-29(23-4-1-12-36-17-9-28(34)10-18-37-13-2-5-23)26(33)30(22-25)24-6-3-14-38-19-11-31(35)27(20-24)7-15-39-16-8-27/h23-25,32,34-35H,1-22H2. The van der Waals surface area contributed by atoms with Crippen molar-refractivity contribution in [1.82, 2.24) is 19.9 Å². The zero-order valence-electron chi connectivity index (χ0n) is 23.5. The van der Waals surface area contributed by atoms with Crippen LogP contribution < -0.4 is 0 Å². The highest BCUT2D eigenvalue weighted by Crippen LogP contribution is 2.36. The molecule has 0 aromatic rings. The Balaban J connectivity index is 1.47. The molecule has 12 nitrogen and oxygen atoms in total. The summed E-state index contributed by atoms with van der Waals surface area (Å²) in [7, 11) is 0. The predicted octanol–water partition coefficient (Wildman–Crippen LogP) is 1.56. The largest absolute Gasteiger partial charge is 0.389 e. The quantitative estimate of drug-likeness (QED) is 0.459. The zero-order chi connectivity index (χ0) is 27.5. The summed E-state index contributed by atoms with van der Waals surface area (Å²) in [5.41, 5.74) is -0.472. The minimum atomic E-state index is -0.638. The molecule has 3 N–H and O–H groups in total. The number of hydrogen-bond donors (Lipinski definition) is 3. The van der Waals surface area contributed by atoms with Gasteiger partial charge in [-0.05, 0) is 57.8 Å². The molecule has 226 valence electrons. The summed E-state index contributed by atoms with van der Waals surface area (Å²) in [6.07, 6.45) is 6.13. The topological polar surface area (TPSA) is 128 Å². The molecular weight excluding hydrogens is 508 g/mol. The Morgan fingerprint density at radius 1 is 0.667 bits per heavy atom. The van der Waals surface area contributed by atoms with Crippen molar-refractivity contribution in [3.63, 3.8) is 0 Å². The van der Waals surface area contributed by atoms with E-state index in [1.807, 2.05) is 9.80 Å². The highest BCUT2D eigenvalue weighted by Gasteiger charge is 2.45. The number of aliphatic hydroxyl groups is 1. The van der Waals surface area contributed by atoms with Gasteiger partial charge in [0.15, 0.2) is 0 Å². The van der Waals surface area contributed by atoms with E-state index in [4.69, 9.17) is 18.9 Å². The van der Waals surface area contributed by atoms with E-state index < -0.39 is 11.6 Å². The minimum Gasteiger partial charge on any atom is -0.389 e. The highest BCUT2D eigenvalue weighted by atomic mass is 16.5. The molecule has 39 heavy (non-hydrogen) atoms. The van der Waals surface area contributed by atoms with E-state index in [1.54, 1.807) is 0 Å². The van der Waals surface area contributed by atoms with Gasteiger partial charge in [0.25, 0.3) is 0 Å². The first-order valence-corrected chi connectivity index (χ1v) is 15.0. The van der Waals surface area contributed by atoms with Crippen molar-refractivity contribution < 1.29 is 39.3 Å². The lowest BCUT2D eigenvalue weighted by atomic mass is 9.81. The molecule has 0 radical (unpaired) electrons. The van der Waals surface area contributed by atoms with Crippen LogP contribution >= 0.6 is 0 Å². The molecule has 0 aliphatic carbocycles. The van der Waals surface area contributed by atoms with E-state index in [-0.39, 0.29) is 18.1 Å². The molecule has 0 saturated carbocycles. The molecule has 12 heteroatoms. The summed E-state index contributed by atoms with van der Waals surface area (Å²) >= 11 is 0. The van der Waals surface area contributed by atoms with Gasteiger partial charge in [0, 0.05) is 64.8 Å². The Bertz CT molecular complexity index is 712. The van der Waals surface area contributed by atoms with E-state index in [0.29, 0.717) is 105 Å². The van der Waals surface area contributed by atoms with Crippen molar-refractivity contribution in [3.05, 3.63) is 0 Å². The number of carbonyl (C=O) groups is 1. The smallest absolute Gasteiger partial charge is 0.320 e. The zero-order valence-corrected chi connectivity index (χ0v) is 23.5. The summed E-state index contributed by atoms with van der Waals surface area (Å²) in [5.74, 6) is 0. The maximum absolute atomic E-state index is 14.1. The summed E-state index contributed by atoms with van der Waals surface area (Å²) in [6.45, 7) is 6.16. The molecule has 4 aliphatic heterocycles. The van der Waals surface area contributed by atoms with Crippen molar-refractivity contribution in [2.24, 2.45) is 0 Å². The SMILES string of the molecule is O=C1N(C2CCCOCCN(O)CCOCCC2)CC(O)CN1C1CCCOCCN(O)C2(CCOCC2)C1. The Labute approximate surface area is 232 Å². The van der Waals surface area contributed by atoms with Gasteiger partial charge in [-0.15, -0.1) is 0 Å². The van der Waals surface area contributed by atoms with Crippen LogP contribution in [0.25, 0.3) is 0 Å². The molecule has 2 atom stereocenters. The molecule has 0 aromatic heterocycles. The molecule has 4 heterocycles. The third-order valence-corrected chi connectivity index (χ3v) is 8.69. The summed E-state index contributed by atoms with van der Waals surface area (Å²) in [6, 6.07) is -0.163. The fraction of sp³-hybridized carbons (Fsp3) is 0.963. The Morgan fingerprint density at radius 3 is 1.74 bits per heavy atom. The van der Waals surface area contributed by atoms with Gasteiger partial charge in [-0.25, -0.2) is 4.79 Å². The van der Waals surface area contributed by atoms with Crippen molar-refractivity contribution >= 4 is 6.03 Å². The molecule has 4 aliphatic rings. The van der Waals surface area contributed by atoms with Gasteiger partial charge in [0.2, 0.25) is 0 Å². The second-order valence-electron chi connectivity index (χ2n) is 11.4. The van der Waals surface area contributed by atoms with Crippen LogP contribution in [0.15, 0.2) is 0 Å². The average Bonchev–Trinajstić information content (AvgIpc) is 2.93. The number of rotatable bonds is 2. The number of nitrogens with zero attached hydrogens (tertiary/aromatic N) is 4. The lowest BCUT2D eigenvalue weighted by Crippen LogP contribution is -2.63. The molecular formula is C27H50N4O8. The van der Waals surface area contributed by atoms with Gasteiger partial charge in [-0.2, -0.15) is 10.1 Å². The maximum Gasteiger partial charge on any atom is 0.320 e. The molecule has 4 fully saturated rings. The number of β-amino-alcohol motifs (C(OH)–C–C–N with tert-alkyl or cyclic N) is 1. The van der Waals surface area contributed by atoms with Crippen LogP contribution in [0.4, 0.5) is 4.79 Å². The Hall–Kier alpha value is -1.09. The molecule has 4 saturated heterocycles. The van der Waals surface area contributed by atoms with Crippen LogP contribution in [0.5, 0.6) is 0 Å². The van der Waals surface area contributed by atoms with Gasteiger partial charge in [0.1, 0.15) is 0 Å². The Kier molecular flexibility index (Phi) is 12.5. The number of hydrogen-bond acceptors (Lipinski definition) is 10. The number of aliphatic hydroxyl groups excluding tert-OH is 1. The van der Waals surface area contributed by atoms with Crippen molar-refractivity contribution in [1.29, 1.82) is 0 Å². The lowest BCUT2D eigenvalue weighted by molar-refractivity contribution is -0.213. The summed E-state index contributed by atoms with van der Waals surface area (Å²) in [5, 5.41) is 34.6. The number of amides is 2. The summed E-state index contributed by atoms with van der Waals surface area (Å²) < 4.78 is 22.8. The number of urea groups is 1. The van der Waals surface area contributed by atoms with Crippen LogP contribution in [0, 0.1) is 0 Å². The van der Waals surface area contributed by atoms with E-state index in [9.17, 15) is 20.3 Å².